The van der Waals surface area contributed by atoms with Crippen molar-refractivity contribution < 1.29 is 14.3 Å². The molecule has 1 saturated heterocycles. The zero-order chi connectivity index (χ0) is 11.4. The van der Waals surface area contributed by atoms with Crippen molar-refractivity contribution in [2.75, 3.05) is 6.61 Å². The summed E-state index contributed by atoms with van der Waals surface area (Å²) in [6, 6.07) is -0.116. The summed E-state index contributed by atoms with van der Waals surface area (Å²) in [5.41, 5.74) is 0. The lowest BCUT2D eigenvalue weighted by molar-refractivity contribution is -0.129. The van der Waals surface area contributed by atoms with Crippen LogP contribution in [0.4, 0.5) is 4.79 Å². The minimum atomic E-state index is -0.511. The maximum Gasteiger partial charge on any atom is 0.416 e. The van der Waals surface area contributed by atoms with E-state index in [-0.39, 0.29) is 17.9 Å². The molecule has 84 valence electrons. The molecule has 0 bridgehead atoms. The summed E-state index contributed by atoms with van der Waals surface area (Å²) in [5, 5.41) is 0. The van der Waals surface area contributed by atoms with Crippen LogP contribution in [0.5, 0.6) is 0 Å². The van der Waals surface area contributed by atoms with Crippen molar-refractivity contribution in [3.63, 3.8) is 0 Å². The quantitative estimate of drug-likeness (QED) is 0.668. The Labute approximate surface area is 89.9 Å². The summed E-state index contributed by atoms with van der Waals surface area (Å²) >= 11 is 0. The summed E-state index contributed by atoms with van der Waals surface area (Å²) in [4.78, 5) is 24.3. The second-order valence-corrected chi connectivity index (χ2v) is 3.98. The molecule has 0 aromatic carbocycles. The molecule has 1 fully saturated rings. The third kappa shape index (κ3) is 2.58. The first kappa shape index (κ1) is 11.8. The van der Waals surface area contributed by atoms with E-state index in [1.807, 2.05) is 13.8 Å². The van der Waals surface area contributed by atoms with Crippen LogP contribution in [0.2, 0.25) is 0 Å². The maximum absolute atomic E-state index is 11.7. The van der Waals surface area contributed by atoms with Gasteiger partial charge in [-0.2, -0.15) is 0 Å². The molecule has 2 amide bonds. The largest absolute Gasteiger partial charge is 0.447 e. The number of carbonyl (C=O) groups is 2. The van der Waals surface area contributed by atoms with E-state index >= 15 is 0 Å². The number of allylic oxidation sites excluding steroid dienone is 1. The molecule has 1 atom stereocenters. The molecule has 0 aliphatic carbocycles. The van der Waals surface area contributed by atoms with Crippen LogP contribution in [0, 0.1) is 5.92 Å². The van der Waals surface area contributed by atoms with E-state index in [0.717, 1.165) is 0 Å². The van der Waals surface area contributed by atoms with Gasteiger partial charge in [-0.15, -0.1) is 6.58 Å². The SMILES string of the molecule is C=CCCC(=O)N1C(=O)OC[C@@H]1C(C)C. The Morgan fingerprint density at radius 2 is 2.40 bits per heavy atom. The lowest BCUT2D eigenvalue weighted by Crippen LogP contribution is -2.41. The zero-order valence-electron chi connectivity index (χ0n) is 9.23. The van der Waals surface area contributed by atoms with Gasteiger partial charge in [-0.1, -0.05) is 19.9 Å². The average Bonchev–Trinajstić information content (AvgIpc) is 2.56. The molecule has 1 aliphatic heterocycles. The van der Waals surface area contributed by atoms with E-state index in [1.165, 1.54) is 4.90 Å². The highest BCUT2D eigenvalue weighted by Crippen LogP contribution is 2.20. The molecular formula is C11H17NO3. The fraction of sp³-hybridized carbons (Fsp3) is 0.636. The smallest absolute Gasteiger partial charge is 0.416 e. The number of hydrogen-bond donors (Lipinski definition) is 0. The number of amides is 2. The highest BCUT2D eigenvalue weighted by Gasteiger charge is 2.38. The first-order chi connectivity index (χ1) is 7.07. The maximum atomic E-state index is 11.7. The van der Waals surface area contributed by atoms with Gasteiger partial charge in [0.15, 0.2) is 0 Å². The number of nitrogens with zero attached hydrogens (tertiary/aromatic N) is 1. The van der Waals surface area contributed by atoms with Gasteiger partial charge < -0.3 is 4.74 Å². The van der Waals surface area contributed by atoms with Gasteiger partial charge in [0.25, 0.3) is 0 Å². The third-order valence-corrected chi connectivity index (χ3v) is 2.51. The standard InChI is InChI=1S/C11H17NO3/c1-4-5-6-10(13)12-9(8(2)3)7-15-11(12)14/h4,8-9H,1,5-7H2,2-3H3/t9-/m1/s1. The predicted molar refractivity (Wildman–Crippen MR) is 56.3 cm³/mol. The van der Waals surface area contributed by atoms with Crippen molar-refractivity contribution in [2.24, 2.45) is 5.92 Å². The van der Waals surface area contributed by atoms with Gasteiger partial charge in [0.05, 0.1) is 6.04 Å². The summed E-state index contributed by atoms with van der Waals surface area (Å²) in [6.07, 6.45) is 2.07. The molecule has 4 heteroatoms. The van der Waals surface area contributed by atoms with Crippen molar-refractivity contribution in [2.45, 2.75) is 32.7 Å². The van der Waals surface area contributed by atoms with Crippen LogP contribution in [0.15, 0.2) is 12.7 Å². The molecule has 4 nitrogen and oxygen atoms in total. The highest BCUT2D eigenvalue weighted by molar-refractivity contribution is 5.93. The van der Waals surface area contributed by atoms with E-state index in [0.29, 0.717) is 19.4 Å². The number of imide groups is 1. The number of rotatable bonds is 4. The lowest BCUT2D eigenvalue weighted by Gasteiger charge is -2.22. The van der Waals surface area contributed by atoms with Crippen molar-refractivity contribution >= 4 is 12.0 Å². The second-order valence-electron chi connectivity index (χ2n) is 3.98. The Morgan fingerprint density at radius 3 is 2.93 bits per heavy atom. The van der Waals surface area contributed by atoms with E-state index < -0.39 is 6.09 Å². The van der Waals surface area contributed by atoms with Crippen molar-refractivity contribution in [1.82, 2.24) is 4.90 Å². The molecule has 1 heterocycles. The van der Waals surface area contributed by atoms with Crippen LogP contribution in [-0.4, -0.2) is 29.5 Å². The predicted octanol–water partition coefficient (Wildman–Crippen LogP) is 1.96. The zero-order valence-corrected chi connectivity index (χ0v) is 9.23. The van der Waals surface area contributed by atoms with E-state index in [4.69, 9.17) is 4.74 Å². The van der Waals surface area contributed by atoms with Crippen LogP contribution in [0.1, 0.15) is 26.7 Å². The average molecular weight is 211 g/mol. The topological polar surface area (TPSA) is 46.6 Å². The summed E-state index contributed by atoms with van der Waals surface area (Å²) in [6.45, 7) is 7.81. The first-order valence-electron chi connectivity index (χ1n) is 5.17. The summed E-state index contributed by atoms with van der Waals surface area (Å²) in [7, 11) is 0. The molecule has 15 heavy (non-hydrogen) atoms. The Bertz CT molecular complexity index is 273. The van der Waals surface area contributed by atoms with Gasteiger partial charge in [0.1, 0.15) is 6.61 Å². The van der Waals surface area contributed by atoms with Gasteiger partial charge in [-0.05, 0) is 12.3 Å². The van der Waals surface area contributed by atoms with E-state index in [2.05, 4.69) is 6.58 Å². The molecule has 0 saturated carbocycles. The number of ether oxygens (including phenoxy) is 1. The number of carbonyl (C=O) groups excluding carboxylic acids is 2. The lowest BCUT2D eigenvalue weighted by atomic mass is 10.0. The Hall–Kier alpha value is -1.32. The molecule has 0 aromatic rings. The summed E-state index contributed by atoms with van der Waals surface area (Å²) < 4.78 is 4.88. The minimum Gasteiger partial charge on any atom is -0.447 e. The van der Waals surface area contributed by atoms with Crippen LogP contribution in [0.25, 0.3) is 0 Å². The van der Waals surface area contributed by atoms with E-state index in [9.17, 15) is 9.59 Å². The first-order valence-corrected chi connectivity index (χ1v) is 5.17. The minimum absolute atomic E-state index is 0.116. The van der Waals surface area contributed by atoms with Gasteiger partial charge in [0, 0.05) is 6.42 Å². The van der Waals surface area contributed by atoms with Gasteiger partial charge in [0.2, 0.25) is 5.91 Å². The molecule has 1 aliphatic rings. The van der Waals surface area contributed by atoms with Gasteiger partial charge in [-0.3, -0.25) is 4.79 Å². The Kier molecular flexibility index (Phi) is 3.88. The molecule has 0 unspecified atom stereocenters. The fourth-order valence-electron chi connectivity index (χ4n) is 1.56. The highest BCUT2D eigenvalue weighted by atomic mass is 16.6. The molecule has 0 aromatic heterocycles. The normalized spacial score (nSPS) is 20.6. The summed E-state index contributed by atoms with van der Waals surface area (Å²) in [5.74, 6) is 0.0558. The van der Waals surface area contributed by atoms with Crippen LogP contribution >= 0.6 is 0 Å². The van der Waals surface area contributed by atoms with Crippen molar-refractivity contribution in [3.05, 3.63) is 12.7 Å². The van der Waals surface area contributed by atoms with Gasteiger partial charge >= 0.3 is 6.09 Å². The monoisotopic (exact) mass is 211 g/mol. The van der Waals surface area contributed by atoms with Crippen molar-refractivity contribution in [3.8, 4) is 0 Å². The molecule has 0 spiro atoms. The molecular weight excluding hydrogens is 194 g/mol. The molecule has 0 N–H and O–H groups in total. The van der Waals surface area contributed by atoms with E-state index in [1.54, 1.807) is 6.08 Å². The molecule has 0 radical (unpaired) electrons. The fourth-order valence-corrected chi connectivity index (χ4v) is 1.56. The second kappa shape index (κ2) is 4.96. The van der Waals surface area contributed by atoms with Crippen LogP contribution in [0.3, 0.4) is 0 Å². The number of cyclic esters (lactones) is 1. The Balaban J connectivity index is 2.67. The van der Waals surface area contributed by atoms with Gasteiger partial charge in [-0.25, -0.2) is 9.69 Å². The van der Waals surface area contributed by atoms with Crippen LogP contribution in [-0.2, 0) is 9.53 Å². The third-order valence-electron chi connectivity index (χ3n) is 2.51. The number of hydrogen-bond acceptors (Lipinski definition) is 3. The van der Waals surface area contributed by atoms with Crippen LogP contribution < -0.4 is 0 Å². The Morgan fingerprint density at radius 1 is 1.73 bits per heavy atom. The molecule has 1 rings (SSSR count). The van der Waals surface area contributed by atoms with Crippen molar-refractivity contribution in [1.29, 1.82) is 0 Å².